The second kappa shape index (κ2) is 25.3. The van der Waals surface area contributed by atoms with Crippen LogP contribution in [0, 0.1) is 11.8 Å². The molecule has 1 aliphatic heterocycles. The van der Waals surface area contributed by atoms with Crippen LogP contribution < -0.4 is 0 Å². The van der Waals surface area contributed by atoms with Gasteiger partial charge in [-0.1, -0.05) is 130 Å². The van der Waals surface area contributed by atoms with Crippen molar-refractivity contribution in [3.63, 3.8) is 0 Å². The fourth-order valence-corrected chi connectivity index (χ4v) is 7.06. The highest BCUT2D eigenvalue weighted by Gasteiger charge is 2.51. The van der Waals surface area contributed by atoms with Gasteiger partial charge in [0.1, 0.15) is 6.10 Å². The van der Waals surface area contributed by atoms with E-state index in [0.717, 1.165) is 77.0 Å². The Morgan fingerprint density at radius 1 is 0.682 bits per heavy atom. The Bertz CT molecular complexity index is 757. The quantitative estimate of drug-likeness (QED) is 0.0341. The number of unbranched alkanes of at least 4 members (excludes halogenated alkanes) is 12. The number of aliphatic hydroxyl groups excluding tert-OH is 2. The fraction of sp³-hybridized carbons (Fsp3) is 0.941. The van der Waals surface area contributed by atoms with Crippen molar-refractivity contribution in [3.05, 3.63) is 0 Å². The van der Waals surface area contributed by atoms with Gasteiger partial charge in [0.15, 0.2) is 6.10 Å². The molecule has 1 fully saturated rings. The molecule has 0 spiro atoms. The van der Waals surface area contributed by atoms with Crippen LogP contribution in [0.2, 0.25) is 0 Å². The number of phosphoric acid groups is 1. The molecular weight excluding hydrogens is 583 g/mol. The third-order valence-electron chi connectivity index (χ3n) is 8.57. The Hall–Kier alpha value is -0.830. The van der Waals surface area contributed by atoms with Gasteiger partial charge in [0.05, 0.1) is 19.8 Å². The van der Waals surface area contributed by atoms with E-state index in [2.05, 4.69) is 27.7 Å². The van der Waals surface area contributed by atoms with E-state index in [1.54, 1.807) is 0 Å². The third kappa shape index (κ3) is 17.2. The van der Waals surface area contributed by atoms with Gasteiger partial charge in [0.25, 0.3) is 0 Å². The zero-order chi connectivity index (χ0) is 32.6. The highest BCUT2D eigenvalue weighted by atomic mass is 31.2. The Kier molecular flexibility index (Phi) is 23.7. The SMILES string of the molecule is CCCCCCCCC(CCCC)COP(=O)(OCC(CCCC)CCCCCCCC)OC1C(=O)O[C@H](C(O)CO)C1=O. The largest absolute Gasteiger partial charge is 0.476 e. The number of esters is 1. The van der Waals surface area contributed by atoms with Crippen LogP contribution in [0.25, 0.3) is 0 Å². The molecule has 1 aliphatic rings. The summed E-state index contributed by atoms with van der Waals surface area (Å²) >= 11 is 0. The number of carbonyl (C=O) groups is 2. The predicted molar refractivity (Wildman–Crippen MR) is 174 cm³/mol. The molecule has 260 valence electrons. The molecule has 0 aromatic rings. The molecule has 5 atom stereocenters. The summed E-state index contributed by atoms with van der Waals surface area (Å²) in [5, 5.41) is 19.2. The van der Waals surface area contributed by atoms with E-state index in [-0.39, 0.29) is 25.0 Å². The van der Waals surface area contributed by atoms with Gasteiger partial charge < -0.3 is 14.9 Å². The van der Waals surface area contributed by atoms with Crippen molar-refractivity contribution < 1.29 is 42.7 Å². The minimum absolute atomic E-state index is 0.141. The number of ether oxygens (including phenoxy) is 1. The second-order valence-electron chi connectivity index (χ2n) is 12.7. The molecule has 44 heavy (non-hydrogen) atoms. The standard InChI is InChI=1S/C34H65O9P/c1-5-9-13-15-17-19-23-28(21-11-7-3)26-40-44(39,43-33-31(37)32(30(36)25-35)42-34(33)38)41-27-29(22-12-8-4)24-20-18-16-14-10-6-2/h28-30,32-33,35-36H,5-27H2,1-4H3/t28?,29?,30?,32-,33?,44?/m1/s1. The monoisotopic (exact) mass is 648 g/mol. The number of phosphoric ester groups is 1. The maximum Gasteiger partial charge on any atom is 0.476 e. The van der Waals surface area contributed by atoms with Gasteiger partial charge in [0.2, 0.25) is 11.9 Å². The Morgan fingerprint density at radius 3 is 1.52 bits per heavy atom. The van der Waals surface area contributed by atoms with Crippen LogP contribution in [0.4, 0.5) is 0 Å². The smallest absolute Gasteiger partial charge is 0.449 e. The van der Waals surface area contributed by atoms with Crippen LogP contribution in [0.3, 0.4) is 0 Å². The van der Waals surface area contributed by atoms with Gasteiger partial charge in [0, 0.05) is 0 Å². The summed E-state index contributed by atoms with van der Waals surface area (Å²) in [6.45, 7) is 8.19. The summed E-state index contributed by atoms with van der Waals surface area (Å²) in [4.78, 5) is 25.4. The van der Waals surface area contributed by atoms with E-state index < -0.39 is 44.5 Å². The van der Waals surface area contributed by atoms with Crippen LogP contribution in [-0.2, 0) is 32.5 Å². The molecule has 10 heteroatoms. The number of rotatable bonds is 30. The topological polar surface area (TPSA) is 129 Å². The first kappa shape index (κ1) is 41.2. The average Bonchev–Trinajstić information content (AvgIpc) is 3.30. The van der Waals surface area contributed by atoms with E-state index in [1.165, 1.54) is 51.4 Å². The lowest BCUT2D eigenvalue weighted by atomic mass is 9.96. The van der Waals surface area contributed by atoms with Crippen molar-refractivity contribution in [1.29, 1.82) is 0 Å². The second-order valence-corrected chi connectivity index (χ2v) is 14.3. The van der Waals surface area contributed by atoms with E-state index in [0.29, 0.717) is 0 Å². The van der Waals surface area contributed by atoms with Crippen LogP contribution in [-0.4, -0.2) is 60.1 Å². The molecule has 1 rings (SSSR count). The lowest BCUT2D eigenvalue weighted by molar-refractivity contribution is -0.151. The Labute approximate surface area is 268 Å². The van der Waals surface area contributed by atoms with Gasteiger partial charge in [-0.05, 0) is 37.5 Å². The molecule has 0 amide bonds. The average molecular weight is 649 g/mol. The summed E-state index contributed by atoms with van der Waals surface area (Å²) in [7, 11) is -4.35. The summed E-state index contributed by atoms with van der Waals surface area (Å²) in [5.74, 6) is -1.66. The maximum absolute atomic E-state index is 14.1. The first-order chi connectivity index (χ1) is 21.2. The van der Waals surface area contributed by atoms with Crippen molar-refractivity contribution in [1.82, 2.24) is 0 Å². The number of cyclic esters (lactones) is 1. The highest BCUT2D eigenvalue weighted by Crippen LogP contribution is 2.53. The zero-order valence-electron chi connectivity index (χ0n) is 28.3. The molecule has 0 aromatic carbocycles. The lowest BCUT2D eigenvalue weighted by Crippen LogP contribution is -2.37. The molecule has 1 saturated heterocycles. The molecule has 1 heterocycles. The fourth-order valence-electron chi connectivity index (χ4n) is 5.62. The predicted octanol–water partition coefficient (Wildman–Crippen LogP) is 8.47. The molecule has 4 unspecified atom stereocenters. The molecule has 0 aliphatic carbocycles. The normalized spacial score (nSPS) is 20.4. The summed E-state index contributed by atoms with van der Waals surface area (Å²) < 4.78 is 36.5. The van der Waals surface area contributed by atoms with Crippen molar-refractivity contribution >= 4 is 19.6 Å². The van der Waals surface area contributed by atoms with E-state index in [1.807, 2.05) is 0 Å². The Balaban J connectivity index is 2.98. The molecule has 0 bridgehead atoms. The van der Waals surface area contributed by atoms with Crippen LogP contribution in [0.5, 0.6) is 0 Å². The van der Waals surface area contributed by atoms with Gasteiger partial charge in [-0.3, -0.25) is 18.4 Å². The Morgan fingerprint density at radius 2 is 1.09 bits per heavy atom. The summed E-state index contributed by atoms with van der Waals surface area (Å²) in [6.07, 6.45) is 16.9. The molecule has 0 aromatic heterocycles. The number of hydrogen-bond acceptors (Lipinski definition) is 9. The number of ketones is 1. The summed E-state index contributed by atoms with van der Waals surface area (Å²) in [5.41, 5.74) is 0. The molecule has 2 N–H and O–H groups in total. The van der Waals surface area contributed by atoms with Gasteiger partial charge in [-0.25, -0.2) is 9.36 Å². The van der Waals surface area contributed by atoms with Crippen molar-refractivity contribution in [3.8, 4) is 0 Å². The first-order valence-electron chi connectivity index (χ1n) is 17.9. The number of carbonyl (C=O) groups excluding carboxylic acids is 2. The minimum Gasteiger partial charge on any atom is -0.449 e. The van der Waals surface area contributed by atoms with Crippen LogP contribution in [0.15, 0.2) is 0 Å². The van der Waals surface area contributed by atoms with E-state index in [4.69, 9.17) is 18.3 Å². The zero-order valence-corrected chi connectivity index (χ0v) is 29.2. The number of Topliss-reactive ketones (excluding diaryl/α,β-unsaturated/α-hetero) is 1. The van der Waals surface area contributed by atoms with E-state index in [9.17, 15) is 24.4 Å². The van der Waals surface area contributed by atoms with E-state index >= 15 is 0 Å². The third-order valence-corrected chi connectivity index (χ3v) is 9.97. The maximum atomic E-state index is 14.1. The number of aliphatic hydroxyl groups is 2. The van der Waals surface area contributed by atoms with Crippen molar-refractivity contribution in [2.24, 2.45) is 11.8 Å². The summed E-state index contributed by atoms with van der Waals surface area (Å²) in [6, 6.07) is 0. The van der Waals surface area contributed by atoms with Crippen molar-refractivity contribution in [2.45, 2.75) is 174 Å². The van der Waals surface area contributed by atoms with Gasteiger partial charge in [-0.15, -0.1) is 0 Å². The first-order valence-corrected chi connectivity index (χ1v) is 19.3. The van der Waals surface area contributed by atoms with Crippen LogP contribution in [0.1, 0.15) is 156 Å². The minimum atomic E-state index is -4.35. The molecular formula is C34H65O9P. The van der Waals surface area contributed by atoms with Gasteiger partial charge >= 0.3 is 13.8 Å². The lowest BCUT2D eigenvalue weighted by Gasteiger charge is -2.25. The van der Waals surface area contributed by atoms with Crippen LogP contribution >= 0.6 is 7.82 Å². The molecule has 9 nitrogen and oxygen atoms in total. The van der Waals surface area contributed by atoms with Crippen molar-refractivity contribution in [2.75, 3.05) is 19.8 Å². The number of hydrogen-bond donors (Lipinski definition) is 2. The van der Waals surface area contributed by atoms with Gasteiger partial charge in [-0.2, -0.15) is 0 Å². The highest BCUT2D eigenvalue weighted by molar-refractivity contribution is 7.48. The molecule has 0 saturated carbocycles. The molecule has 0 radical (unpaired) electrons.